The van der Waals surface area contributed by atoms with Crippen LogP contribution in [0.3, 0.4) is 0 Å². The molecule has 3 aromatic rings. The number of anilines is 1. The maximum absolute atomic E-state index is 13.0. The van der Waals surface area contributed by atoms with Crippen LogP contribution in [-0.4, -0.2) is 52.9 Å². The number of nitrogens with one attached hydrogen (secondary N) is 4. The number of hydrogen-bond donors (Lipinski definition) is 4. The molecule has 1 unspecified atom stereocenters. The smallest absolute Gasteiger partial charge is 0.265 e. The quantitative estimate of drug-likeness (QED) is 0.388. The number of nitrogens with zero attached hydrogens (tertiary/aromatic N) is 3. The molecule has 4 rings (SSSR count). The second-order valence-electron chi connectivity index (χ2n) is 8.29. The monoisotopic (exact) mass is 455 g/mol. The van der Waals surface area contributed by atoms with Crippen LogP contribution in [0, 0.1) is 5.92 Å². The zero-order valence-corrected chi connectivity index (χ0v) is 19.2. The van der Waals surface area contributed by atoms with Crippen molar-refractivity contribution in [1.29, 1.82) is 0 Å². The van der Waals surface area contributed by atoms with Crippen LogP contribution in [0.5, 0.6) is 0 Å². The van der Waals surface area contributed by atoms with Crippen LogP contribution in [0.25, 0.3) is 11.0 Å². The first-order chi connectivity index (χ1) is 15.5. The summed E-state index contributed by atoms with van der Waals surface area (Å²) in [6.45, 7) is 7.68. The average molecular weight is 456 g/mol. The minimum Gasteiger partial charge on any atom is -0.346 e. The summed E-state index contributed by atoms with van der Waals surface area (Å²) in [6.07, 6.45) is 1.99. The molecule has 1 atom stereocenters. The van der Waals surface area contributed by atoms with Gasteiger partial charge < -0.3 is 25.8 Å². The zero-order chi connectivity index (χ0) is 22.5. The minimum absolute atomic E-state index is 0.129. The fourth-order valence-corrected chi connectivity index (χ4v) is 4.38. The van der Waals surface area contributed by atoms with E-state index in [1.165, 1.54) is 11.3 Å². The van der Waals surface area contributed by atoms with Gasteiger partial charge >= 0.3 is 0 Å². The number of carbonyl (C=O) groups excluding carboxylic acids is 2. The highest BCUT2D eigenvalue weighted by molar-refractivity contribution is 7.17. The Hall–Kier alpha value is -2.98. The second kappa shape index (κ2) is 10.1. The van der Waals surface area contributed by atoms with Crippen LogP contribution >= 0.6 is 11.3 Å². The number of piperazine rings is 1. The van der Waals surface area contributed by atoms with Gasteiger partial charge in [0.2, 0.25) is 5.91 Å². The van der Waals surface area contributed by atoms with Gasteiger partial charge in [0.1, 0.15) is 4.88 Å². The highest BCUT2D eigenvalue weighted by Crippen LogP contribution is 2.23. The minimum atomic E-state index is -0.765. The predicted molar refractivity (Wildman–Crippen MR) is 126 cm³/mol. The fraction of sp³-hybridized carbons (Fsp3) is 0.455. The number of aromatic nitrogens is 3. The summed E-state index contributed by atoms with van der Waals surface area (Å²) in [5, 5.41) is 9.98. The zero-order valence-electron chi connectivity index (χ0n) is 18.4. The van der Waals surface area contributed by atoms with E-state index < -0.39 is 6.17 Å². The molecule has 1 fully saturated rings. The van der Waals surface area contributed by atoms with Crippen molar-refractivity contribution in [1.82, 2.24) is 30.9 Å². The number of imidazole rings is 1. The summed E-state index contributed by atoms with van der Waals surface area (Å²) >= 11 is 1.35. The Bertz CT molecular complexity index is 1040. The van der Waals surface area contributed by atoms with Crippen molar-refractivity contribution < 1.29 is 9.59 Å². The first-order valence-electron chi connectivity index (χ1n) is 11.0. The molecule has 3 heterocycles. The molecule has 0 saturated carbocycles. The molecular formula is C22H29N7O2S. The summed E-state index contributed by atoms with van der Waals surface area (Å²) in [5.74, 6) is 0.485. The summed E-state index contributed by atoms with van der Waals surface area (Å²) in [5.41, 5.74) is 1.62. The number of amides is 2. The molecule has 1 aromatic carbocycles. The molecule has 170 valence electrons. The highest BCUT2D eigenvalue weighted by atomic mass is 32.1. The lowest BCUT2D eigenvalue weighted by atomic mass is 10.1. The van der Waals surface area contributed by atoms with Gasteiger partial charge in [-0.3, -0.25) is 9.59 Å². The summed E-state index contributed by atoms with van der Waals surface area (Å²) in [7, 11) is 0. The van der Waals surface area contributed by atoms with Gasteiger partial charge in [-0.05, 0) is 24.5 Å². The maximum Gasteiger partial charge on any atom is 0.265 e. The lowest BCUT2D eigenvalue weighted by Crippen LogP contribution is -2.43. The van der Waals surface area contributed by atoms with Crippen LogP contribution in [0.4, 0.5) is 5.13 Å². The van der Waals surface area contributed by atoms with Crippen molar-refractivity contribution in [3.8, 4) is 0 Å². The third kappa shape index (κ3) is 5.43. The van der Waals surface area contributed by atoms with Gasteiger partial charge in [-0.25, -0.2) is 9.97 Å². The molecule has 0 bridgehead atoms. The van der Waals surface area contributed by atoms with Crippen LogP contribution in [0.15, 0.2) is 30.5 Å². The molecule has 9 nitrogen and oxygen atoms in total. The third-order valence-electron chi connectivity index (χ3n) is 5.32. The summed E-state index contributed by atoms with van der Waals surface area (Å²) < 4.78 is 0. The molecule has 10 heteroatoms. The van der Waals surface area contributed by atoms with E-state index in [0.29, 0.717) is 23.0 Å². The maximum atomic E-state index is 13.0. The topological polar surface area (TPSA) is 115 Å². The molecule has 4 N–H and O–H groups in total. The number of carbonyl (C=O) groups is 2. The Kier molecular flexibility index (Phi) is 7.01. The molecule has 1 aliphatic heterocycles. The SMILES string of the molecule is CC(C)CCC(=O)NC(NC(=O)c1cnc(N2CCNCC2)s1)c1nc2ccccc2[nH]1. The normalized spacial score (nSPS) is 15.2. The predicted octanol–water partition coefficient (Wildman–Crippen LogP) is 2.41. The number of hydrogen-bond acceptors (Lipinski definition) is 7. The molecule has 0 radical (unpaired) electrons. The molecule has 0 aliphatic carbocycles. The van der Waals surface area contributed by atoms with E-state index in [9.17, 15) is 9.59 Å². The van der Waals surface area contributed by atoms with E-state index >= 15 is 0 Å². The van der Waals surface area contributed by atoms with Gasteiger partial charge in [0, 0.05) is 32.6 Å². The van der Waals surface area contributed by atoms with Gasteiger partial charge in [-0.1, -0.05) is 37.3 Å². The largest absolute Gasteiger partial charge is 0.346 e. The third-order valence-corrected chi connectivity index (χ3v) is 6.37. The van der Waals surface area contributed by atoms with Crippen LogP contribution in [0.2, 0.25) is 0 Å². The molecular weight excluding hydrogens is 426 g/mol. The van der Waals surface area contributed by atoms with Gasteiger partial charge in [-0.15, -0.1) is 0 Å². The lowest BCUT2D eigenvalue weighted by Gasteiger charge is -2.26. The Morgan fingerprint density at radius 1 is 1.19 bits per heavy atom. The number of rotatable bonds is 8. The Morgan fingerprint density at radius 2 is 1.97 bits per heavy atom. The van der Waals surface area contributed by atoms with Gasteiger partial charge in [0.25, 0.3) is 5.91 Å². The number of para-hydroxylation sites is 2. The first kappa shape index (κ1) is 22.2. The van der Waals surface area contributed by atoms with Crippen LogP contribution in [0.1, 0.15) is 48.4 Å². The van der Waals surface area contributed by atoms with Gasteiger partial charge in [0.05, 0.1) is 17.2 Å². The molecule has 2 aromatic heterocycles. The molecule has 0 spiro atoms. The molecule has 32 heavy (non-hydrogen) atoms. The van der Waals surface area contributed by atoms with E-state index in [4.69, 9.17) is 0 Å². The van der Waals surface area contributed by atoms with Crippen molar-refractivity contribution in [2.24, 2.45) is 5.92 Å². The second-order valence-corrected chi connectivity index (χ2v) is 9.30. The van der Waals surface area contributed by atoms with Crippen molar-refractivity contribution >= 4 is 39.3 Å². The summed E-state index contributed by atoms with van der Waals surface area (Å²) in [4.78, 5) is 40.5. The number of thiazole rings is 1. The Morgan fingerprint density at radius 3 is 2.72 bits per heavy atom. The van der Waals surface area contributed by atoms with Crippen molar-refractivity contribution in [2.45, 2.75) is 32.9 Å². The molecule has 2 amide bonds. The van der Waals surface area contributed by atoms with Crippen LogP contribution in [-0.2, 0) is 4.79 Å². The van der Waals surface area contributed by atoms with E-state index in [1.54, 1.807) is 6.20 Å². The van der Waals surface area contributed by atoms with E-state index in [2.05, 4.69) is 49.6 Å². The fourth-order valence-electron chi connectivity index (χ4n) is 3.51. The van der Waals surface area contributed by atoms with Crippen molar-refractivity contribution in [2.75, 3.05) is 31.1 Å². The molecule has 1 saturated heterocycles. The standard InChI is InChI=1S/C22H29N7O2S/c1-14(2)7-8-18(30)27-20(19-25-15-5-3-4-6-16(15)26-19)28-21(31)17-13-24-22(32-17)29-11-9-23-10-12-29/h3-6,13-14,20,23H,7-12H2,1-2H3,(H,25,26)(H,27,30)(H,28,31). The highest BCUT2D eigenvalue weighted by Gasteiger charge is 2.23. The van der Waals surface area contributed by atoms with E-state index in [1.807, 2.05) is 24.3 Å². The van der Waals surface area contributed by atoms with E-state index in [-0.39, 0.29) is 11.8 Å². The Labute approximate surface area is 191 Å². The number of aromatic amines is 1. The number of fused-ring (bicyclic) bond motifs is 1. The lowest BCUT2D eigenvalue weighted by molar-refractivity contribution is -0.122. The van der Waals surface area contributed by atoms with Crippen molar-refractivity contribution in [3.05, 3.63) is 41.2 Å². The van der Waals surface area contributed by atoms with Gasteiger partial charge in [0.15, 0.2) is 17.1 Å². The van der Waals surface area contributed by atoms with E-state index in [0.717, 1.165) is 48.8 Å². The van der Waals surface area contributed by atoms with Crippen LogP contribution < -0.4 is 20.9 Å². The Balaban J connectivity index is 1.50. The molecule has 1 aliphatic rings. The summed E-state index contributed by atoms with van der Waals surface area (Å²) in [6, 6.07) is 7.61. The van der Waals surface area contributed by atoms with Crippen molar-refractivity contribution in [3.63, 3.8) is 0 Å². The van der Waals surface area contributed by atoms with Gasteiger partial charge in [-0.2, -0.15) is 0 Å². The average Bonchev–Trinajstić information content (AvgIpc) is 3.45. The number of H-pyrrole nitrogens is 1. The first-order valence-corrected chi connectivity index (χ1v) is 11.8. The number of benzene rings is 1.